The largest absolute Gasteiger partial charge is 0.311 e. The number of aryl methyl sites for hydroxylation is 1. The summed E-state index contributed by atoms with van der Waals surface area (Å²) in [4.78, 5) is 18.3. The summed E-state index contributed by atoms with van der Waals surface area (Å²) in [7, 11) is 0. The highest BCUT2D eigenvalue weighted by Crippen LogP contribution is 2.05. The van der Waals surface area contributed by atoms with Crippen molar-refractivity contribution in [2.24, 2.45) is 0 Å². The van der Waals surface area contributed by atoms with Crippen LogP contribution in [0.5, 0.6) is 0 Å². The smallest absolute Gasteiger partial charge is 0.254 e. The number of nitrogens with one attached hydrogen (secondary N) is 2. The lowest BCUT2D eigenvalue weighted by molar-refractivity contribution is 0.614. The summed E-state index contributed by atoms with van der Waals surface area (Å²) in [5.74, 6) is 0.697. The molecule has 0 aromatic carbocycles. The Bertz CT molecular complexity index is 361. The van der Waals surface area contributed by atoms with Crippen LogP contribution in [0.2, 0.25) is 0 Å². The summed E-state index contributed by atoms with van der Waals surface area (Å²) in [6.07, 6.45) is 0.790. The van der Waals surface area contributed by atoms with Gasteiger partial charge in [-0.05, 0) is 19.9 Å². The fraction of sp³-hybridized carbons (Fsp3) is 0.500. The highest BCUT2D eigenvalue weighted by Gasteiger charge is 2.13. The fourth-order valence-corrected chi connectivity index (χ4v) is 1.49. The molecule has 0 saturated carbocycles. The van der Waals surface area contributed by atoms with Crippen molar-refractivity contribution in [3.8, 4) is 0 Å². The second-order valence-corrected chi connectivity index (χ2v) is 3.00. The van der Waals surface area contributed by atoms with E-state index in [0.717, 1.165) is 30.8 Å². The van der Waals surface area contributed by atoms with Gasteiger partial charge in [0.25, 0.3) is 5.56 Å². The van der Waals surface area contributed by atoms with Gasteiger partial charge in [-0.1, -0.05) is 0 Å². The van der Waals surface area contributed by atoms with Crippen molar-refractivity contribution in [3.63, 3.8) is 0 Å². The maximum absolute atomic E-state index is 11.4. The molecule has 2 heterocycles. The van der Waals surface area contributed by atoms with Crippen LogP contribution in [-0.4, -0.2) is 16.5 Å². The number of fused-ring (bicyclic) bond motifs is 1. The summed E-state index contributed by atoms with van der Waals surface area (Å²) in [6.45, 7) is 3.40. The zero-order valence-electron chi connectivity index (χ0n) is 7.39. The number of aromatic nitrogens is 2. The van der Waals surface area contributed by atoms with Crippen LogP contribution in [0.25, 0.3) is 0 Å². The molecular weight excluding hydrogens is 190 g/mol. The first kappa shape index (κ1) is 10.2. The van der Waals surface area contributed by atoms with Gasteiger partial charge < -0.3 is 10.3 Å². The van der Waals surface area contributed by atoms with Gasteiger partial charge in [-0.3, -0.25) is 4.79 Å². The third-order valence-electron chi connectivity index (χ3n) is 2.06. The van der Waals surface area contributed by atoms with E-state index in [1.165, 1.54) is 0 Å². The van der Waals surface area contributed by atoms with Crippen LogP contribution in [0.1, 0.15) is 17.1 Å². The molecule has 0 amide bonds. The zero-order valence-corrected chi connectivity index (χ0v) is 8.20. The predicted octanol–water partition coefficient (Wildman–Crippen LogP) is 0.146. The molecule has 0 bridgehead atoms. The molecule has 0 atom stereocenters. The van der Waals surface area contributed by atoms with Crippen molar-refractivity contribution in [2.75, 3.05) is 6.54 Å². The van der Waals surface area contributed by atoms with Gasteiger partial charge in [0.15, 0.2) is 0 Å². The molecule has 0 radical (unpaired) electrons. The molecule has 2 N–H and O–H groups in total. The number of hydrogen-bond acceptors (Lipinski definition) is 3. The molecule has 5 heteroatoms. The number of aromatic amines is 1. The topological polar surface area (TPSA) is 57.8 Å². The van der Waals surface area contributed by atoms with Crippen molar-refractivity contribution in [1.29, 1.82) is 0 Å². The second-order valence-electron chi connectivity index (χ2n) is 3.00. The van der Waals surface area contributed by atoms with E-state index in [2.05, 4.69) is 15.3 Å². The maximum atomic E-state index is 11.4. The first-order chi connectivity index (χ1) is 5.77. The summed E-state index contributed by atoms with van der Waals surface area (Å²) in [5.41, 5.74) is 1.78. The molecule has 0 spiro atoms. The predicted molar refractivity (Wildman–Crippen MR) is 52.3 cm³/mol. The lowest BCUT2D eigenvalue weighted by atomic mass is 10.1. The van der Waals surface area contributed by atoms with Gasteiger partial charge in [0, 0.05) is 12.1 Å². The van der Waals surface area contributed by atoms with Gasteiger partial charge in [0.2, 0.25) is 0 Å². The summed E-state index contributed by atoms with van der Waals surface area (Å²) < 4.78 is 0. The highest BCUT2D eigenvalue weighted by molar-refractivity contribution is 5.85. The van der Waals surface area contributed by atoms with E-state index in [0.29, 0.717) is 5.82 Å². The van der Waals surface area contributed by atoms with E-state index < -0.39 is 0 Å². The molecule has 0 saturated heterocycles. The van der Waals surface area contributed by atoms with Crippen molar-refractivity contribution in [2.45, 2.75) is 19.9 Å². The molecule has 2 rings (SSSR count). The molecule has 0 aliphatic carbocycles. The van der Waals surface area contributed by atoms with Gasteiger partial charge in [-0.15, -0.1) is 12.4 Å². The van der Waals surface area contributed by atoms with Gasteiger partial charge in [-0.2, -0.15) is 0 Å². The minimum atomic E-state index is 0. The van der Waals surface area contributed by atoms with Crippen molar-refractivity contribution < 1.29 is 0 Å². The van der Waals surface area contributed by atoms with Crippen LogP contribution in [0, 0.1) is 6.92 Å². The summed E-state index contributed by atoms with van der Waals surface area (Å²) in [5, 5.41) is 3.18. The molecule has 1 aromatic rings. The average molecular weight is 202 g/mol. The van der Waals surface area contributed by atoms with E-state index in [1.54, 1.807) is 6.92 Å². The molecule has 0 fully saturated rings. The quantitative estimate of drug-likeness (QED) is 0.628. The standard InChI is InChI=1S/C8H11N3O.ClH/c1-5-10-7-4-9-3-2-6(7)8(12)11-5;/h9H,2-4H2,1H3,(H,10,11,12);1H. The first-order valence-corrected chi connectivity index (χ1v) is 4.07. The van der Waals surface area contributed by atoms with Crippen LogP contribution < -0.4 is 10.9 Å². The van der Waals surface area contributed by atoms with Crippen LogP contribution in [-0.2, 0) is 13.0 Å². The van der Waals surface area contributed by atoms with Crippen LogP contribution in [0.4, 0.5) is 0 Å². The van der Waals surface area contributed by atoms with Crippen LogP contribution in [0.3, 0.4) is 0 Å². The van der Waals surface area contributed by atoms with E-state index in [4.69, 9.17) is 0 Å². The highest BCUT2D eigenvalue weighted by atomic mass is 35.5. The number of hydrogen-bond donors (Lipinski definition) is 2. The molecule has 13 heavy (non-hydrogen) atoms. The lowest BCUT2D eigenvalue weighted by Crippen LogP contribution is -2.31. The normalized spacial score (nSPS) is 14.5. The zero-order chi connectivity index (χ0) is 8.55. The molecule has 0 unspecified atom stereocenters. The van der Waals surface area contributed by atoms with E-state index >= 15 is 0 Å². The third-order valence-corrected chi connectivity index (χ3v) is 2.06. The van der Waals surface area contributed by atoms with Crippen molar-refractivity contribution in [1.82, 2.24) is 15.3 Å². The number of rotatable bonds is 0. The SMILES string of the molecule is Cc1nc2c(c(=O)[nH]1)CCNC2.Cl. The molecule has 1 aliphatic rings. The number of H-pyrrole nitrogens is 1. The van der Waals surface area contributed by atoms with Gasteiger partial charge in [0.05, 0.1) is 5.69 Å². The second kappa shape index (κ2) is 3.89. The molecule has 4 nitrogen and oxygen atoms in total. The summed E-state index contributed by atoms with van der Waals surface area (Å²) >= 11 is 0. The Morgan fingerprint density at radius 2 is 2.23 bits per heavy atom. The molecule has 1 aromatic heterocycles. The average Bonchev–Trinajstić information content (AvgIpc) is 2.04. The van der Waals surface area contributed by atoms with Crippen molar-refractivity contribution >= 4 is 12.4 Å². The Kier molecular flexibility index (Phi) is 3.06. The Balaban J connectivity index is 0.000000845. The molecular formula is C8H12ClN3O. The van der Waals surface area contributed by atoms with Crippen LogP contribution in [0.15, 0.2) is 4.79 Å². The monoisotopic (exact) mass is 201 g/mol. The fourth-order valence-electron chi connectivity index (χ4n) is 1.49. The Morgan fingerprint density at radius 3 is 3.00 bits per heavy atom. The van der Waals surface area contributed by atoms with Gasteiger partial charge in [-0.25, -0.2) is 4.98 Å². The third kappa shape index (κ3) is 1.89. The van der Waals surface area contributed by atoms with Gasteiger partial charge >= 0.3 is 0 Å². The Labute approximate surface area is 82.2 Å². The number of halogens is 1. The van der Waals surface area contributed by atoms with Crippen LogP contribution >= 0.6 is 12.4 Å². The lowest BCUT2D eigenvalue weighted by Gasteiger charge is -2.14. The maximum Gasteiger partial charge on any atom is 0.254 e. The molecule has 72 valence electrons. The Hall–Kier alpha value is -0.870. The number of nitrogens with zero attached hydrogens (tertiary/aromatic N) is 1. The first-order valence-electron chi connectivity index (χ1n) is 4.07. The summed E-state index contributed by atoms with van der Waals surface area (Å²) in [6, 6.07) is 0. The van der Waals surface area contributed by atoms with E-state index in [1.807, 2.05) is 0 Å². The van der Waals surface area contributed by atoms with E-state index in [-0.39, 0.29) is 18.0 Å². The van der Waals surface area contributed by atoms with Gasteiger partial charge in [0.1, 0.15) is 5.82 Å². The minimum Gasteiger partial charge on any atom is -0.311 e. The Morgan fingerprint density at radius 1 is 1.46 bits per heavy atom. The van der Waals surface area contributed by atoms with E-state index in [9.17, 15) is 4.79 Å². The minimum absolute atomic E-state index is 0. The molecule has 1 aliphatic heterocycles. The van der Waals surface area contributed by atoms with Crippen molar-refractivity contribution in [3.05, 3.63) is 27.4 Å².